The lowest BCUT2D eigenvalue weighted by Gasteiger charge is -2.33. The minimum Gasteiger partial charge on any atom is -0.338 e. The summed E-state index contributed by atoms with van der Waals surface area (Å²) in [5, 5.41) is 0. The van der Waals surface area contributed by atoms with E-state index in [4.69, 9.17) is 0 Å². The number of carbonyl (C=O) groups is 1. The molecule has 4 heteroatoms. The standard InChI is InChI=1S/C14H20BrNOS/c1-9(2)11-4-6-16(7-5-11)14(17)12-8-10(3)13(15)18-12/h8-9,11H,4-7H2,1-3H3. The van der Waals surface area contributed by atoms with Crippen molar-refractivity contribution in [2.45, 2.75) is 33.6 Å². The normalized spacial score (nSPS) is 17.5. The molecule has 0 radical (unpaired) electrons. The minimum absolute atomic E-state index is 0.205. The van der Waals surface area contributed by atoms with Gasteiger partial charge in [-0.3, -0.25) is 4.79 Å². The molecule has 0 atom stereocenters. The van der Waals surface area contributed by atoms with Crippen molar-refractivity contribution in [3.63, 3.8) is 0 Å². The van der Waals surface area contributed by atoms with Crippen LogP contribution in [0, 0.1) is 18.8 Å². The first-order valence-electron chi connectivity index (χ1n) is 6.54. The number of amides is 1. The highest BCUT2D eigenvalue weighted by atomic mass is 79.9. The number of aryl methyl sites for hydroxylation is 1. The third-order valence-corrected chi connectivity index (χ3v) is 5.96. The number of nitrogens with zero attached hydrogens (tertiary/aromatic N) is 1. The number of piperidine rings is 1. The third kappa shape index (κ3) is 2.97. The fourth-order valence-corrected chi connectivity index (χ4v) is 3.99. The van der Waals surface area contributed by atoms with Crippen molar-refractivity contribution in [1.82, 2.24) is 4.90 Å². The summed E-state index contributed by atoms with van der Waals surface area (Å²) in [7, 11) is 0. The average molecular weight is 330 g/mol. The highest BCUT2D eigenvalue weighted by Gasteiger charge is 2.26. The van der Waals surface area contributed by atoms with Gasteiger partial charge in [0.1, 0.15) is 0 Å². The molecule has 100 valence electrons. The Bertz CT molecular complexity index is 414. The number of halogens is 1. The quantitative estimate of drug-likeness (QED) is 0.790. The Morgan fingerprint density at radius 1 is 1.44 bits per heavy atom. The van der Waals surface area contributed by atoms with Gasteiger partial charge in [0.2, 0.25) is 0 Å². The maximum atomic E-state index is 12.4. The van der Waals surface area contributed by atoms with E-state index in [2.05, 4.69) is 29.8 Å². The van der Waals surface area contributed by atoms with Crippen LogP contribution in [0.15, 0.2) is 9.85 Å². The molecular formula is C14H20BrNOS. The van der Waals surface area contributed by atoms with Crippen LogP contribution < -0.4 is 0 Å². The Morgan fingerprint density at radius 3 is 2.50 bits per heavy atom. The topological polar surface area (TPSA) is 20.3 Å². The number of carbonyl (C=O) groups excluding carboxylic acids is 1. The van der Waals surface area contributed by atoms with E-state index in [1.54, 1.807) is 11.3 Å². The molecule has 0 aliphatic carbocycles. The van der Waals surface area contributed by atoms with E-state index in [1.807, 2.05) is 17.9 Å². The summed E-state index contributed by atoms with van der Waals surface area (Å²) in [4.78, 5) is 15.2. The zero-order valence-corrected chi connectivity index (χ0v) is 13.6. The van der Waals surface area contributed by atoms with Gasteiger partial charge in [0, 0.05) is 13.1 Å². The molecule has 0 N–H and O–H groups in total. The van der Waals surface area contributed by atoms with Crippen LogP contribution in [0.5, 0.6) is 0 Å². The monoisotopic (exact) mass is 329 g/mol. The maximum absolute atomic E-state index is 12.4. The van der Waals surface area contributed by atoms with Crippen LogP contribution in [-0.2, 0) is 0 Å². The first kappa shape index (κ1) is 14.1. The van der Waals surface area contributed by atoms with Gasteiger partial charge in [-0.15, -0.1) is 11.3 Å². The first-order valence-corrected chi connectivity index (χ1v) is 8.15. The lowest BCUT2D eigenvalue weighted by atomic mass is 9.87. The zero-order chi connectivity index (χ0) is 13.3. The van der Waals surface area contributed by atoms with Gasteiger partial charge in [0.15, 0.2) is 0 Å². The van der Waals surface area contributed by atoms with E-state index in [-0.39, 0.29) is 5.91 Å². The Hall–Kier alpha value is -0.350. The molecule has 1 aliphatic rings. The lowest BCUT2D eigenvalue weighted by molar-refractivity contribution is 0.0672. The van der Waals surface area contributed by atoms with Crippen LogP contribution in [0.25, 0.3) is 0 Å². The Kier molecular flexibility index (Phi) is 4.49. The molecule has 2 rings (SSSR count). The molecule has 1 aromatic rings. The first-order chi connectivity index (χ1) is 8.49. The molecule has 18 heavy (non-hydrogen) atoms. The number of thiophene rings is 1. The van der Waals surface area contributed by atoms with E-state index < -0.39 is 0 Å². The van der Waals surface area contributed by atoms with E-state index >= 15 is 0 Å². The van der Waals surface area contributed by atoms with Crippen molar-refractivity contribution in [2.75, 3.05) is 13.1 Å². The van der Waals surface area contributed by atoms with Gasteiger partial charge >= 0.3 is 0 Å². The molecule has 0 saturated carbocycles. The van der Waals surface area contributed by atoms with Gasteiger partial charge in [-0.25, -0.2) is 0 Å². The lowest BCUT2D eigenvalue weighted by Crippen LogP contribution is -2.39. The molecule has 2 heterocycles. The third-order valence-electron chi connectivity index (χ3n) is 3.84. The summed E-state index contributed by atoms with van der Waals surface area (Å²) in [5.41, 5.74) is 1.15. The summed E-state index contributed by atoms with van der Waals surface area (Å²) in [6.07, 6.45) is 2.30. The highest BCUT2D eigenvalue weighted by molar-refractivity contribution is 9.11. The van der Waals surface area contributed by atoms with E-state index in [1.165, 1.54) is 0 Å². The number of hydrogen-bond donors (Lipinski definition) is 0. The molecule has 1 fully saturated rings. The predicted molar refractivity (Wildman–Crippen MR) is 80.2 cm³/mol. The van der Waals surface area contributed by atoms with Gasteiger partial charge in [-0.05, 0) is 59.2 Å². The zero-order valence-electron chi connectivity index (χ0n) is 11.2. The SMILES string of the molecule is Cc1cc(C(=O)N2CCC(C(C)C)CC2)sc1Br. The summed E-state index contributed by atoms with van der Waals surface area (Å²) in [5.74, 6) is 1.72. The Labute approximate surface area is 122 Å². The molecule has 0 spiro atoms. The molecule has 2 nitrogen and oxygen atoms in total. The van der Waals surface area contributed by atoms with Crippen LogP contribution in [-0.4, -0.2) is 23.9 Å². The molecule has 1 aromatic heterocycles. The number of likely N-dealkylation sites (tertiary alicyclic amines) is 1. The van der Waals surface area contributed by atoms with Gasteiger partial charge < -0.3 is 4.90 Å². The second-order valence-electron chi connectivity index (χ2n) is 5.44. The van der Waals surface area contributed by atoms with Crippen LogP contribution in [0.3, 0.4) is 0 Å². The van der Waals surface area contributed by atoms with Crippen LogP contribution >= 0.6 is 27.3 Å². The second-order valence-corrected chi connectivity index (χ2v) is 7.81. The van der Waals surface area contributed by atoms with E-state index in [0.717, 1.165) is 52.0 Å². The predicted octanol–water partition coefficient (Wildman–Crippen LogP) is 4.33. The number of rotatable bonds is 2. The van der Waals surface area contributed by atoms with Gasteiger partial charge in [-0.2, -0.15) is 0 Å². The van der Waals surface area contributed by atoms with Gasteiger partial charge in [-0.1, -0.05) is 13.8 Å². The Morgan fingerprint density at radius 2 is 2.06 bits per heavy atom. The van der Waals surface area contributed by atoms with E-state index in [9.17, 15) is 4.79 Å². The fourth-order valence-electron chi connectivity index (χ4n) is 2.49. The van der Waals surface area contributed by atoms with Crippen LogP contribution in [0.4, 0.5) is 0 Å². The fraction of sp³-hybridized carbons (Fsp3) is 0.643. The smallest absolute Gasteiger partial charge is 0.263 e. The molecule has 0 aromatic carbocycles. The minimum atomic E-state index is 0.205. The van der Waals surface area contributed by atoms with Gasteiger partial charge in [0.05, 0.1) is 8.66 Å². The Balaban J connectivity index is 1.99. The molecule has 0 unspecified atom stereocenters. The molecule has 1 amide bonds. The van der Waals surface area contributed by atoms with Crippen molar-refractivity contribution < 1.29 is 4.79 Å². The average Bonchev–Trinajstić information content (AvgIpc) is 2.69. The highest BCUT2D eigenvalue weighted by Crippen LogP contribution is 2.30. The largest absolute Gasteiger partial charge is 0.338 e. The summed E-state index contributed by atoms with van der Waals surface area (Å²) in [6, 6.07) is 1.99. The molecular weight excluding hydrogens is 310 g/mol. The molecule has 1 aliphatic heterocycles. The summed E-state index contributed by atoms with van der Waals surface area (Å²) in [6.45, 7) is 8.42. The van der Waals surface area contributed by atoms with Crippen LogP contribution in [0.2, 0.25) is 0 Å². The molecule has 0 bridgehead atoms. The van der Waals surface area contributed by atoms with Crippen molar-refractivity contribution in [2.24, 2.45) is 11.8 Å². The maximum Gasteiger partial charge on any atom is 0.263 e. The second kappa shape index (κ2) is 5.74. The summed E-state index contributed by atoms with van der Waals surface area (Å²) < 4.78 is 1.07. The van der Waals surface area contributed by atoms with Crippen LogP contribution in [0.1, 0.15) is 41.9 Å². The van der Waals surface area contributed by atoms with Gasteiger partial charge in [0.25, 0.3) is 5.91 Å². The summed E-state index contributed by atoms with van der Waals surface area (Å²) >= 11 is 5.03. The molecule has 1 saturated heterocycles. The van der Waals surface area contributed by atoms with E-state index in [0.29, 0.717) is 0 Å². The van der Waals surface area contributed by atoms with Crippen molar-refractivity contribution in [3.05, 3.63) is 20.3 Å². The van der Waals surface area contributed by atoms with Crippen molar-refractivity contribution in [3.8, 4) is 0 Å². The van der Waals surface area contributed by atoms with Crippen molar-refractivity contribution in [1.29, 1.82) is 0 Å². The van der Waals surface area contributed by atoms with Crippen molar-refractivity contribution >= 4 is 33.2 Å². The number of hydrogen-bond acceptors (Lipinski definition) is 2.